The molecule has 0 radical (unpaired) electrons. The van der Waals surface area contributed by atoms with Crippen molar-refractivity contribution in [2.75, 3.05) is 13.6 Å². The van der Waals surface area contributed by atoms with Crippen molar-refractivity contribution in [1.29, 1.82) is 0 Å². The molecule has 0 saturated heterocycles. The summed E-state index contributed by atoms with van der Waals surface area (Å²) < 4.78 is 12.9. The zero-order chi connectivity index (χ0) is 10.7. The second-order valence-corrected chi connectivity index (χ2v) is 2.94. The largest absolute Gasteiger partial charge is 0.504 e. The second kappa shape index (κ2) is 4.26. The molecule has 0 fully saturated rings. The third-order valence-corrected chi connectivity index (χ3v) is 1.85. The maximum atomic E-state index is 12.9. The molecule has 78 valence electrons. The van der Waals surface area contributed by atoms with Crippen molar-refractivity contribution in [2.24, 2.45) is 0 Å². The number of aromatic hydroxyl groups is 2. The summed E-state index contributed by atoms with van der Waals surface area (Å²) in [4.78, 5) is 0. The first-order valence-corrected chi connectivity index (χ1v) is 4.10. The molecule has 0 bridgehead atoms. The van der Waals surface area contributed by atoms with Gasteiger partial charge in [-0.25, -0.2) is 4.39 Å². The number of hydrogen-bond acceptors (Lipinski definition) is 4. The van der Waals surface area contributed by atoms with Crippen LogP contribution in [0.3, 0.4) is 0 Å². The van der Waals surface area contributed by atoms with E-state index in [-0.39, 0.29) is 12.1 Å². The van der Waals surface area contributed by atoms with Crippen molar-refractivity contribution in [3.63, 3.8) is 0 Å². The molecule has 1 aromatic carbocycles. The Morgan fingerprint density at radius 3 is 2.57 bits per heavy atom. The van der Waals surface area contributed by atoms with Gasteiger partial charge < -0.3 is 20.6 Å². The third-order valence-electron chi connectivity index (χ3n) is 1.85. The lowest BCUT2D eigenvalue weighted by Crippen LogP contribution is -2.16. The molecule has 14 heavy (non-hydrogen) atoms. The Bertz CT molecular complexity index is 307. The molecule has 0 spiro atoms. The van der Waals surface area contributed by atoms with Crippen LogP contribution in [0.25, 0.3) is 0 Å². The van der Waals surface area contributed by atoms with Gasteiger partial charge in [0.25, 0.3) is 0 Å². The van der Waals surface area contributed by atoms with E-state index < -0.39 is 23.4 Å². The Labute approximate surface area is 80.6 Å². The average molecular weight is 201 g/mol. The van der Waals surface area contributed by atoms with E-state index in [0.717, 1.165) is 12.1 Å². The Kier molecular flexibility index (Phi) is 3.27. The number of benzene rings is 1. The van der Waals surface area contributed by atoms with E-state index in [1.165, 1.54) is 0 Å². The molecule has 0 heterocycles. The highest BCUT2D eigenvalue weighted by Gasteiger charge is 2.13. The molecule has 0 aliphatic carbocycles. The Morgan fingerprint density at radius 1 is 1.43 bits per heavy atom. The van der Waals surface area contributed by atoms with Crippen molar-refractivity contribution >= 4 is 0 Å². The maximum Gasteiger partial charge on any atom is 0.194 e. The monoisotopic (exact) mass is 201 g/mol. The van der Waals surface area contributed by atoms with Crippen molar-refractivity contribution in [3.8, 4) is 11.5 Å². The summed E-state index contributed by atoms with van der Waals surface area (Å²) in [6, 6.07) is 2.11. The fourth-order valence-corrected chi connectivity index (χ4v) is 1.11. The van der Waals surface area contributed by atoms with Crippen LogP contribution < -0.4 is 5.32 Å². The summed E-state index contributed by atoms with van der Waals surface area (Å²) in [6.45, 7) is 0.240. The van der Waals surface area contributed by atoms with Crippen LogP contribution in [-0.4, -0.2) is 28.9 Å². The molecular formula is C9H12FNO3. The minimum atomic E-state index is -0.949. The standard InChI is InChI=1S/C9H12FNO3/c1-11-4-8(13)5-2-6(10)9(14)7(12)3-5/h2-3,8,11-14H,4H2,1H3. The molecule has 4 N–H and O–H groups in total. The highest BCUT2D eigenvalue weighted by Crippen LogP contribution is 2.30. The molecule has 0 saturated carbocycles. The molecule has 1 aromatic rings. The van der Waals surface area contributed by atoms with Crippen LogP contribution in [-0.2, 0) is 0 Å². The van der Waals surface area contributed by atoms with Crippen LogP contribution in [0.15, 0.2) is 12.1 Å². The predicted octanol–water partition coefficient (Wildman–Crippen LogP) is 0.490. The number of nitrogens with one attached hydrogen (secondary N) is 1. The number of phenolic OH excluding ortho intramolecular Hbond substituents is 2. The van der Waals surface area contributed by atoms with Gasteiger partial charge in [0.2, 0.25) is 0 Å². The fourth-order valence-electron chi connectivity index (χ4n) is 1.11. The van der Waals surface area contributed by atoms with Gasteiger partial charge in [0.15, 0.2) is 17.3 Å². The van der Waals surface area contributed by atoms with E-state index >= 15 is 0 Å². The molecule has 0 amide bonds. The number of hydrogen-bond donors (Lipinski definition) is 4. The Morgan fingerprint density at radius 2 is 2.07 bits per heavy atom. The van der Waals surface area contributed by atoms with E-state index in [9.17, 15) is 9.50 Å². The van der Waals surface area contributed by atoms with Gasteiger partial charge in [-0.2, -0.15) is 0 Å². The number of aliphatic hydroxyl groups excluding tert-OH is 1. The summed E-state index contributed by atoms with van der Waals surface area (Å²) in [5.74, 6) is -2.32. The van der Waals surface area contributed by atoms with Crippen LogP contribution >= 0.6 is 0 Å². The van der Waals surface area contributed by atoms with Crippen molar-refractivity contribution in [2.45, 2.75) is 6.10 Å². The van der Waals surface area contributed by atoms with Crippen LogP contribution in [0.1, 0.15) is 11.7 Å². The third kappa shape index (κ3) is 2.12. The van der Waals surface area contributed by atoms with Gasteiger partial charge in [-0.3, -0.25) is 0 Å². The topological polar surface area (TPSA) is 72.7 Å². The predicted molar refractivity (Wildman–Crippen MR) is 48.6 cm³/mol. The Hall–Kier alpha value is -1.33. The lowest BCUT2D eigenvalue weighted by atomic mass is 10.1. The molecule has 4 nitrogen and oxygen atoms in total. The molecule has 1 unspecified atom stereocenters. The van der Waals surface area contributed by atoms with Gasteiger partial charge in [-0.15, -0.1) is 0 Å². The van der Waals surface area contributed by atoms with Crippen LogP contribution in [0.5, 0.6) is 11.5 Å². The first kappa shape index (κ1) is 10.7. The first-order valence-electron chi connectivity index (χ1n) is 4.10. The summed E-state index contributed by atoms with van der Waals surface area (Å²) in [7, 11) is 1.64. The van der Waals surface area contributed by atoms with Crippen LogP contribution in [0, 0.1) is 5.82 Å². The summed E-state index contributed by atoms with van der Waals surface area (Å²) >= 11 is 0. The fraction of sp³-hybridized carbons (Fsp3) is 0.333. The number of aliphatic hydroxyl groups is 1. The lowest BCUT2D eigenvalue weighted by Gasteiger charge is -2.11. The zero-order valence-corrected chi connectivity index (χ0v) is 7.66. The summed E-state index contributed by atoms with van der Waals surface area (Å²) in [5, 5.41) is 30.1. The molecular weight excluding hydrogens is 189 g/mol. The van der Waals surface area contributed by atoms with Crippen LogP contribution in [0.2, 0.25) is 0 Å². The van der Waals surface area contributed by atoms with E-state index in [1.54, 1.807) is 7.05 Å². The van der Waals surface area contributed by atoms with Crippen molar-refractivity contribution in [3.05, 3.63) is 23.5 Å². The maximum absolute atomic E-state index is 12.9. The highest BCUT2D eigenvalue weighted by molar-refractivity contribution is 5.42. The van der Waals surface area contributed by atoms with Gasteiger partial charge in [-0.1, -0.05) is 0 Å². The van der Waals surface area contributed by atoms with E-state index in [0.29, 0.717) is 0 Å². The lowest BCUT2D eigenvalue weighted by molar-refractivity contribution is 0.176. The molecule has 1 atom stereocenters. The van der Waals surface area contributed by atoms with Crippen molar-refractivity contribution in [1.82, 2.24) is 5.32 Å². The van der Waals surface area contributed by atoms with E-state index in [4.69, 9.17) is 10.2 Å². The molecule has 0 aliphatic rings. The van der Waals surface area contributed by atoms with Gasteiger partial charge in [0, 0.05) is 6.54 Å². The average Bonchev–Trinajstić information content (AvgIpc) is 2.13. The summed E-state index contributed by atoms with van der Waals surface area (Å²) in [5.41, 5.74) is 0.215. The van der Waals surface area contributed by atoms with E-state index in [2.05, 4.69) is 5.32 Å². The van der Waals surface area contributed by atoms with E-state index in [1.807, 2.05) is 0 Å². The molecule has 0 aliphatic heterocycles. The van der Waals surface area contributed by atoms with Gasteiger partial charge >= 0.3 is 0 Å². The summed E-state index contributed by atoms with van der Waals surface area (Å²) in [6.07, 6.45) is -0.916. The highest BCUT2D eigenvalue weighted by atomic mass is 19.1. The number of halogens is 1. The van der Waals surface area contributed by atoms with Gasteiger partial charge in [-0.05, 0) is 24.7 Å². The molecule has 0 aromatic heterocycles. The number of rotatable bonds is 3. The minimum Gasteiger partial charge on any atom is -0.504 e. The first-order chi connectivity index (χ1) is 6.56. The minimum absolute atomic E-state index is 0.215. The number of likely N-dealkylation sites (N-methyl/N-ethyl adjacent to an activating group) is 1. The normalized spacial score (nSPS) is 12.8. The van der Waals surface area contributed by atoms with Gasteiger partial charge in [0.05, 0.1) is 6.10 Å². The SMILES string of the molecule is CNCC(O)c1cc(O)c(O)c(F)c1. The number of phenols is 2. The Balaban J connectivity index is 3.00. The second-order valence-electron chi connectivity index (χ2n) is 2.94. The van der Waals surface area contributed by atoms with Crippen molar-refractivity contribution < 1.29 is 19.7 Å². The van der Waals surface area contributed by atoms with Crippen LogP contribution in [0.4, 0.5) is 4.39 Å². The smallest absolute Gasteiger partial charge is 0.194 e. The molecule has 1 rings (SSSR count). The zero-order valence-electron chi connectivity index (χ0n) is 7.66. The van der Waals surface area contributed by atoms with Gasteiger partial charge in [0.1, 0.15) is 0 Å². The molecule has 5 heteroatoms. The quantitative estimate of drug-likeness (QED) is 0.537.